The molecule has 0 fully saturated rings. The molecule has 1 atom stereocenters. The van der Waals surface area contributed by atoms with Crippen molar-refractivity contribution in [3.63, 3.8) is 0 Å². The quantitative estimate of drug-likeness (QED) is 0.0287. The van der Waals surface area contributed by atoms with Crippen LogP contribution in [0.3, 0.4) is 0 Å². The van der Waals surface area contributed by atoms with E-state index in [4.69, 9.17) is 14.2 Å². The van der Waals surface area contributed by atoms with Crippen LogP contribution in [0, 0.1) is 0 Å². The van der Waals surface area contributed by atoms with Gasteiger partial charge in [-0.15, -0.1) is 0 Å². The van der Waals surface area contributed by atoms with Gasteiger partial charge in [-0.25, -0.2) is 0 Å². The van der Waals surface area contributed by atoms with Gasteiger partial charge in [-0.1, -0.05) is 167 Å². The zero-order valence-corrected chi connectivity index (χ0v) is 31.3. The second-order valence-corrected chi connectivity index (χ2v) is 13.6. The predicted molar refractivity (Wildman–Crippen MR) is 196 cm³/mol. The van der Waals surface area contributed by atoms with Crippen molar-refractivity contribution in [3.05, 3.63) is 12.2 Å². The van der Waals surface area contributed by atoms with Gasteiger partial charge in [0.15, 0.2) is 6.10 Å². The predicted octanol–water partition coefficient (Wildman–Crippen LogP) is 12.3. The Balaban J connectivity index is 3.83. The minimum atomic E-state index is -0.763. The monoisotopic (exact) mass is 665 g/mol. The normalized spacial score (nSPS) is 12.0. The summed E-state index contributed by atoms with van der Waals surface area (Å²) in [6.45, 7) is 5.66. The maximum absolute atomic E-state index is 12.4. The highest BCUT2D eigenvalue weighted by Crippen LogP contribution is 2.15. The van der Waals surface area contributed by atoms with Crippen LogP contribution in [-0.4, -0.2) is 37.2 Å². The van der Waals surface area contributed by atoms with Crippen LogP contribution in [0.1, 0.15) is 213 Å². The summed E-state index contributed by atoms with van der Waals surface area (Å²) in [5.41, 5.74) is 0. The van der Waals surface area contributed by atoms with E-state index in [-0.39, 0.29) is 25.2 Å². The lowest BCUT2D eigenvalue weighted by Crippen LogP contribution is -2.30. The Morgan fingerprint density at radius 3 is 1.19 bits per heavy atom. The van der Waals surface area contributed by atoms with E-state index in [0.717, 1.165) is 44.9 Å². The molecule has 0 saturated heterocycles. The van der Waals surface area contributed by atoms with Gasteiger partial charge in [0, 0.05) is 19.8 Å². The van der Waals surface area contributed by atoms with Gasteiger partial charge in [-0.2, -0.15) is 0 Å². The van der Waals surface area contributed by atoms with Crippen LogP contribution in [0.5, 0.6) is 0 Å². The van der Waals surface area contributed by atoms with Crippen molar-refractivity contribution in [1.29, 1.82) is 0 Å². The molecule has 47 heavy (non-hydrogen) atoms. The first kappa shape index (κ1) is 45.2. The van der Waals surface area contributed by atoms with Gasteiger partial charge >= 0.3 is 17.9 Å². The Morgan fingerprint density at radius 1 is 0.447 bits per heavy atom. The Hall–Kier alpha value is -1.85. The number of ether oxygens (including phenoxy) is 3. The van der Waals surface area contributed by atoms with Crippen LogP contribution in [0.15, 0.2) is 12.2 Å². The molecule has 0 aromatic rings. The Bertz CT molecular complexity index is 733. The van der Waals surface area contributed by atoms with Crippen LogP contribution in [0.4, 0.5) is 0 Å². The minimum Gasteiger partial charge on any atom is -0.462 e. The van der Waals surface area contributed by atoms with E-state index in [2.05, 4.69) is 26.0 Å². The molecular weight excluding hydrogens is 588 g/mol. The van der Waals surface area contributed by atoms with E-state index in [1.165, 1.54) is 142 Å². The molecule has 276 valence electrons. The smallest absolute Gasteiger partial charge is 0.306 e. The molecule has 1 unspecified atom stereocenters. The zero-order valence-electron chi connectivity index (χ0n) is 31.3. The first-order chi connectivity index (χ1) is 23.0. The van der Waals surface area contributed by atoms with Gasteiger partial charge in [0.2, 0.25) is 0 Å². The minimum absolute atomic E-state index is 0.0816. The molecule has 0 aliphatic carbocycles. The van der Waals surface area contributed by atoms with Crippen molar-refractivity contribution in [2.75, 3.05) is 13.2 Å². The van der Waals surface area contributed by atoms with E-state index in [1.807, 2.05) is 0 Å². The van der Waals surface area contributed by atoms with Gasteiger partial charge in [0.25, 0.3) is 0 Å². The van der Waals surface area contributed by atoms with Crippen molar-refractivity contribution in [2.24, 2.45) is 0 Å². The number of carbonyl (C=O) groups excluding carboxylic acids is 3. The van der Waals surface area contributed by atoms with Crippen molar-refractivity contribution in [1.82, 2.24) is 0 Å². The van der Waals surface area contributed by atoms with E-state index in [0.29, 0.717) is 12.8 Å². The van der Waals surface area contributed by atoms with Crippen molar-refractivity contribution in [2.45, 2.75) is 219 Å². The highest BCUT2D eigenvalue weighted by Gasteiger charge is 2.18. The molecule has 0 spiro atoms. The molecular formula is C41H76O6. The third kappa shape index (κ3) is 36.8. The van der Waals surface area contributed by atoms with Crippen molar-refractivity contribution >= 4 is 17.9 Å². The lowest BCUT2D eigenvalue weighted by atomic mass is 10.0. The molecule has 0 aromatic carbocycles. The molecule has 0 saturated carbocycles. The lowest BCUT2D eigenvalue weighted by molar-refractivity contribution is -0.166. The first-order valence-corrected chi connectivity index (χ1v) is 20.1. The van der Waals surface area contributed by atoms with E-state index < -0.39 is 12.1 Å². The summed E-state index contributed by atoms with van der Waals surface area (Å²) < 4.78 is 15.9. The number of hydrogen-bond donors (Lipinski definition) is 0. The summed E-state index contributed by atoms with van der Waals surface area (Å²) in [6, 6.07) is 0. The fraction of sp³-hybridized carbons (Fsp3) is 0.878. The van der Waals surface area contributed by atoms with E-state index >= 15 is 0 Å². The van der Waals surface area contributed by atoms with Crippen molar-refractivity contribution < 1.29 is 28.6 Å². The van der Waals surface area contributed by atoms with Crippen LogP contribution in [0.25, 0.3) is 0 Å². The molecule has 0 heterocycles. The number of hydrogen-bond acceptors (Lipinski definition) is 6. The van der Waals surface area contributed by atoms with Gasteiger partial charge in [-0.3, -0.25) is 14.4 Å². The maximum Gasteiger partial charge on any atom is 0.306 e. The standard InChI is InChI=1S/C41H76O6/c1-4-6-8-10-12-14-16-18-20-22-24-26-28-30-32-34-40(43)46-37-39(36-45-38(3)42)47-41(44)35-33-31-29-27-25-23-21-19-17-15-13-11-9-7-5-2/h18,20,39H,4-17,19,21-37H2,1-3H3. The van der Waals surface area contributed by atoms with Gasteiger partial charge in [-0.05, 0) is 38.5 Å². The lowest BCUT2D eigenvalue weighted by Gasteiger charge is -2.18. The van der Waals surface area contributed by atoms with Crippen molar-refractivity contribution in [3.8, 4) is 0 Å². The van der Waals surface area contributed by atoms with E-state index in [9.17, 15) is 14.4 Å². The second kappa shape index (κ2) is 37.0. The molecule has 6 heteroatoms. The number of carbonyl (C=O) groups is 3. The number of esters is 3. The molecule has 0 radical (unpaired) electrons. The molecule has 0 rings (SSSR count). The van der Waals surface area contributed by atoms with Gasteiger partial charge in [0.1, 0.15) is 13.2 Å². The third-order valence-corrected chi connectivity index (χ3v) is 8.83. The van der Waals surface area contributed by atoms with Crippen LogP contribution < -0.4 is 0 Å². The Labute approximate surface area is 290 Å². The topological polar surface area (TPSA) is 78.9 Å². The summed E-state index contributed by atoms with van der Waals surface area (Å²) in [7, 11) is 0. The molecule has 0 aliphatic heterocycles. The summed E-state index contributed by atoms with van der Waals surface area (Å²) >= 11 is 0. The summed E-state index contributed by atoms with van der Waals surface area (Å²) in [4.78, 5) is 35.9. The fourth-order valence-electron chi connectivity index (χ4n) is 5.81. The highest BCUT2D eigenvalue weighted by atomic mass is 16.6. The molecule has 0 N–H and O–H groups in total. The second-order valence-electron chi connectivity index (χ2n) is 13.6. The average Bonchev–Trinajstić information content (AvgIpc) is 3.05. The summed E-state index contributed by atoms with van der Waals surface area (Å²) in [5.74, 6) is -1.08. The third-order valence-electron chi connectivity index (χ3n) is 8.83. The number of rotatable bonds is 36. The number of unbranched alkanes of at least 4 members (excludes halogenated alkanes) is 25. The first-order valence-electron chi connectivity index (χ1n) is 20.1. The zero-order chi connectivity index (χ0) is 34.5. The van der Waals surface area contributed by atoms with Crippen LogP contribution >= 0.6 is 0 Å². The van der Waals surface area contributed by atoms with Crippen LogP contribution in [0.2, 0.25) is 0 Å². The average molecular weight is 665 g/mol. The molecule has 0 aromatic heterocycles. The Morgan fingerprint density at radius 2 is 0.787 bits per heavy atom. The van der Waals surface area contributed by atoms with Gasteiger partial charge < -0.3 is 14.2 Å². The largest absolute Gasteiger partial charge is 0.462 e. The maximum atomic E-state index is 12.4. The molecule has 0 bridgehead atoms. The highest BCUT2D eigenvalue weighted by molar-refractivity contribution is 5.70. The van der Waals surface area contributed by atoms with E-state index in [1.54, 1.807) is 0 Å². The summed E-state index contributed by atoms with van der Waals surface area (Å²) in [6.07, 6.45) is 39.4. The molecule has 0 aliphatic rings. The van der Waals surface area contributed by atoms with Gasteiger partial charge in [0.05, 0.1) is 0 Å². The summed E-state index contributed by atoms with van der Waals surface area (Å²) in [5, 5.41) is 0. The molecule has 6 nitrogen and oxygen atoms in total. The molecule has 0 amide bonds. The van der Waals surface area contributed by atoms with Crippen LogP contribution in [-0.2, 0) is 28.6 Å². The Kier molecular flexibility index (Phi) is 35.5. The fourth-order valence-corrected chi connectivity index (χ4v) is 5.81. The number of allylic oxidation sites excluding steroid dienone is 2. The SMILES string of the molecule is CCCCCCCCC=CCCCCCCCC(=O)OCC(COC(C)=O)OC(=O)CCCCCCCCCCCCCCCCC.